The van der Waals surface area contributed by atoms with Crippen LogP contribution in [0.25, 0.3) is 0 Å². The highest BCUT2D eigenvalue weighted by molar-refractivity contribution is 6.75. The van der Waals surface area contributed by atoms with Gasteiger partial charge in [0.05, 0.1) is 12.5 Å². The van der Waals surface area contributed by atoms with Crippen LogP contribution in [0.4, 0.5) is 0 Å². The fourth-order valence-electron chi connectivity index (χ4n) is 4.10. The molecule has 3 atom stereocenters. The van der Waals surface area contributed by atoms with Crippen LogP contribution in [0.5, 0.6) is 11.5 Å². The minimum atomic E-state index is -2.01. The van der Waals surface area contributed by atoms with E-state index in [0.29, 0.717) is 6.42 Å². The molecule has 2 aromatic rings. The predicted octanol–water partition coefficient (Wildman–Crippen LogP) is 7.52. The third-order valence-electron chi connectivity index (χ3n) is 8.56. The Kier molecular flexibility index (Phi) is 8.42. The van der Waals surface area contributed by atoms with Crippen molar-refractivity contribution < 1.29 is 23.5 Å². The molecule has 0 aliphatic carbocycles. The lowest BCUT2D eigenvalue weighted by atomic mass is 9.84. The Bertz CT molecular complexity index is 1100. The molecule has 0 spiro atoms. The third kappa shape index (κ3) is 6.67. The Labute approximate surface area is 225 Å². The molecular weight excluding hydrogens is 496 g/mol. The van der Waals surface area contributed by atoms with Gasteiger partial charge in [-0.2, -0.15) is 0 Å². The number of hydrogen-bond acceptors (Lipinski definition) is 5. The summed E-state index contributed by atoms with van der Waals surface area (Å²) in [7, 11) is -3.99. The van der Waals surface area contributed by atoms with Crippen LogP contribution >= 0.6 is 0 Å². The number of aliphatic hydroxyl groups excluding tert-OH is 1. The number of ether oxygens (including phenoxy) is 1. The lowest BCUT2D eigenvalue weighted by Gasteiger charge is -2.36. The minimum Gasteiger partial charge on any atom is -0.543 e. The van der Waals surface area contributed by atoms with E-state index in [2.05, 4.69) is 67.7 Å². The number of aliphatic hydroxyl groups is 1. The summed E-state index contributed by atoms with van der Waals surface area (Å²) < 4.78 is 18.8. The van der Waals surface area contributed by atoms with E-state index < -0.39 is 28.7 Å². The molecular formula is C30H46O5Si2. The average Bonchev–Trinajstić information content (AvgIpc) is 3.07. The van der Waals surface area contributed by atoms with Crippen molar-refractivity contribution in [1.29, 1.82) is 0 Å². The maximum Gasteiger partial charge on any atom is 0.310 e. The van der Waals surface area contributed by atoms with E-state index in [9.17, 15) is 9.90 Å². The summed E-state index contributed by atoms with van der Waals surface area (Å²) in [5.74, 6) is 0.595. The van der Waals surface area contributed by atoms with Gasteiger partial charge in [0, 0.05) is 5.92 Å². The van der Waals surface area contributed by atoms with Crippen molar-refractivity contribution in [3.63, 3.8) is 0 Å². The van der Waals surface area contributed by atoms with E-state index in [4.69, 9.17) is 13.6 Å². The summed E-state index contributed by atoms with van der Waals surface area (Å²) in [6, 6.07) is 15.8. The Morgan fingerprint density at radius 2 is 1.35 bits per heavy atom. The van der Waals surface area contributed by atoms with Gasteiger partial charge in [-0.3, -0.25) is 4.79 Å². The Morgan fingerprint density at radius 3 is 1.86 bits per heavy atom. The fraction of sp³-hybridized carbons (Fsp3) is 0.567. The first-order chi connectivity index (χ1) is 16.9. The molecule has 204 valence electrons. The average molecular weight is 543 g/mol. The first-order valence-corrected chi connectivity index (χ1v) is 19.1. The molecule has 2 aromatic carbocycles. The van der Waals surface area contributed by atoms with E-state index in [1.165, 1.54) is 0 Å². The van der Waals surface area contributed by atoms with Crippen molar-refractivity contribution in [2.75, 3.05) is 6.61 Å². The number of carbonyl (C=O) groups is 1. The van der Waals surface area contributed by atoms with Crippen molar-refractivity contribution in [3.8, 4) is 11.5 Å². The highest BCUT2D eigenvalue weighted by Crippen LogP contribution is 2.43. The lowest BCUT2D eigenvalue weighted by molar-refractivity contribution is -0.144. The number of esters is 1. The fourth-order valence-corrected chi connectivity index (χ4v) is 6.14. The molecule has 7 heteroatoms. The molecule has 1 N–H and O–H groups in total. The van der Waals surface area contributed by atoms with Gasteiger partial charge in [0.15, 0.2) is 0 Å². The van der Waals surface area contributed by atoms with Crippen LogP contribution in [0, 0.1) is 11.8 Å². The largest absolute Gasteiger partial charge is 0.543 e. The number of benzene rings is 2. The zero-order chi connectivity index (χ0) is 27.8. The van der Waals surface area contributed by atoms with Gasteiger partial charge in [-0.15, -0.1) is 0 Å². The molecule has 1 aliphatic rings. The van der Waals surface area contributed by atoms with Gasteiger partial charge in [-0.1, -0.05) is 65.8 Å². The molecule has 3 rings (SSSR count). The van der Waals surface area contributed by atoms with Gasteiger partial charge >= 0.3 is 5.97 Å². The maximum absolute atomic E-state index is 13.0. The number of rotatable bonds is 8. The molecule has 5 nitrogen and oxygen atoms in total. The molecule has 37 heavy (non-hydrogen) atoms. The van der Waals surface area contributed by atoms with E-state index in [1.54, 1.807) is 0 Å². The molecule has 0 bridgehead atoms. The maximum atomic E-state index is 13.0. The molecule has 1 heterocycles. The van der Waals surface area contributed by atoms with E-state index in [0.717, 1.165) is 22.6 Å². The van der Waals surface area contributed by atoms with Crippen LogP contribution in [0.3, 0.4) is 0 Å². The molecule has 0 amide bonds. The van der Waals surface area contributed by atoms with Crippen molar-refractivity contribution in [1.82, 2.24) is 0 Å². The van der Waals surface area contributed by atoms with E-state index >= 15 is 0 Å². The third-order valence-corrected chi connectivity index (χ3v) is 17.3. The van der Waals surface area contributed by atoms with Crippen LogP contribution in [-0.4, -0.2) is 34.3 Å². The van der Waals surface area contributed by atoms with Crippen LogP contribution in [0.1, 0.15) is 58.8 Å². The molecule has 1 saturated heterocycles. The van der Waals surface area contributed by atoms with Crippen LogP contribution in [0.2, 0.25) is 36.3 Å². The zero-order valence-corrected chi connectivity index (χ0v) is 26.3. The zero-order valence-electron chi connectivity index (χ0n) is 24.3. The topological polar surface area (TPSA) is 65.0 Å². The Hall–Kier alpha value is -2.10. The summed E-state index contributed by atoms with van der Waals surface area (Å²) in [4.78, 5) is 13.0. The van der Waals surface area contributed by atoms with Gasteiger partial charge in [0.1, 0.15) is 17.6 Å². The second-order valence-electron chi connectivity index (χ2n) is 13.5. The SMILES string of the molecule is CC(C)(C)[Si](C)(C)Oc1cccc(C[C@H]2C(=O)O[C@H](c3cccc(O[Si](C)(C)C(C)(C)C)c3)[C@H]2CO)c1. The molecule has 1 aliphatic heterocycles. The molecule has 0 unspecified atom stereocenters. The first kappa shape index (κ1) is 29.5. The second-order valence-corrected chi connectivity index (χ2v) is 22.9. The summed E-state index contributed by atoms with van der Waals surface area (Å²) in [5, 5.41) is 10.5. The van der Waals surface area contributed by atoms with Crippen LogP contribution in [0.15, 0.2) is 48.5 Å². The van der Waals surface area contributed by atoms with Crippen molar-refractivity contribution in [2.24, 2.45) is 11.8 Å². The summed E-state index contributed by atoms with van der Waals surface area (Å²) in [5.41, 5.74) is 1.87. The van der Waals surface area contributed by atoms with Gasteiger partial charge in [0.25, 0.3) is 0 Å². The number of hydrogen-bond donors (Lipinski definition) is 1. The standard InChI is InChI=1S/C30H46O5Si2/c1-29(2,3)36(7,8)34-23-15-11-13-21(17-23)18-25-26(20-31)27(33-28(25)32)22-14-12-16-24(19-22)35-37(9,10)30(4,5)6/h11-17,19,25-27,31H,18,20H2,1-10H3/t25-,26+,27-/m1/s1. The normalized spacial score (nSPS) is 21.1. The van der Waals surface area contributed by atoms with Crippen molar-refractivity contribution in [3.05, 3.63) is 59.7 Å². The summed E-state index contributed by atoms with van der Waals surface area (Å²) in [6.45, 7) is 22.0. The minimum absolute atomic E-state index is 0.0738. The summed E-state index contributed by atoms with van der Waals surface area (Å²) >= 11 is 0. The van der Waals surface area contributed by atoms with Crippen LogP contribution in [-0.2, 0) is 16.0 Å². The smallest absolute Gasteiger partial charge is 0.310 e. The van der Waals surface area contributed by atoms with E-state index in [-0.39, 0.29) is 28.6 Å². The number of cyclic esters (lactones) is 1. The first-order valence-electron chi connectivity index (χ1n) is 13.3. The van der Waals surface area contributed by atoms with Crippen molar-refractivity contribution in [2.45, 2.75) is 90.3 Å². The van der Waals surface area contributed by atoms with Gasteiger partial charge < -0.3 is 18.7 Å². The molecule has 1 fully saturated rings. The van der Waals surface area contributed by atoms with Gasteiger partial charge in [-0.05, 0) is 78.1 Å². The molecule has 0 aromatic heterocycles. The predicted molar refractivity (Wildman–Crippen MR) is 155 cm³/mol. The number of carbonyl (C=O) groups excluding carboxylic acids is 1. The lowest BCUT2D eigenvalue weighted by Crippen LogP contribution is -2.43. The molecule has 0 saturated carbocycles. The highest BCUT2D eigenvalue weighted by atomic mass is 28.4. The Balaban J connectivity index is 1.80. The van der Waals surface area contributed by atoms with Crippen LogP contribution < -0.4 is 8.85 Å². The summed E-state index contributed by atoms with van der Waals surface area (Å²) in [6.07, 6.45) is -0.00720. The van der Waals surface area contributed by atoms with Gasteiger partial charge in [-0.25, -0.2) is 0 Å². The highest BCUT2D eigenvalue weighted by Gasteiger charge is 2.45. The Morgan fingerprint density at radius 1 is 0.838 bits per heavy atom. The van der Waals surface area contributed by atoms with E-state index in [1.807, 2.05) is 48.5 Å². The monoisotopic (exact) mass is 542 g/mol. The molecule has 0 radical (unpaired) electrons. The van der Waals surface area contributed by atoms with Gasteiger partial charge in [0.2, 0.25) is 16.6 Å². The second kappa shape index (κ2) is 10.6. The quantitative estimate of drug-likeness (QED) is 0.276. The van der Waals surface area contributed by atoms with Crippen molar-refractivity contribution >= 4 is 22.6 Å².